The zero-order chi connectivity index (χ0) is 19.7. The van der Waals surface area contributed by atoms with Crippen LogP contribution in [-0.2, 0) is 27.7 Å². The summed E-state index contributed by atoms with van der Waals surface area (Å²) < 4.78 is 26.1. The van der Waals surface area contributed by atoms with E-state index in [1.807, 2.05) is 30.3 Å². The zero-order valence-corrected chi connectivity index (χ0v) is 15.8. The second-order valence-corrected chi connectivity index (χ2v) is 9.05. The molecular formula is C18H19N5O4S. The Bertz CT molecular complexity index is 1180. The first-order valence-electron chi connectivity index (χ1n) is 8.87. The van der Waals surface area contributed by atoms with E-state index in [0.717, 1.165) is 5.56 Å². The van der Waals surface area contributed by atoms with Crippen molar-refractivity contribution >= 4 is 26.8 Å². The molecule has 9 nitrogen and oxygen atoms in total. The summed E-state index contributed by atoms with van der Waals surface area (Å²) in [5, 5.41) is 7.21. The van der Waals surface area contributed by atoms with Crippen LogP contribution in [0.25, 0.3) is 11.0 Å². The molecule has 4 rings (SSSR count). The van der Waals surface area contributed by atoms with Crippen molar-refractivity contribution in [3.05, 3.63) is 58.8 Å². The number of carbonyl (C=O) groups is 1. The molecular weight excluding hydrogens is 382 g/mol. The van der Waals surface area contributed by atoms with E-state index in [-0.39, 0.29) is 40.9 Å². The van der Waals surface area contributed by atoms with Crippen molar-refractivity contribution in [1.82, 2.24) is 24.6 Å². The minimum Gasteiger partial charge on any atom is -0.350 e. The van der Waals surface area contributed by atoms with E-state index in [1.165, 1.54) is 21.8 Å². The number of amides is 1. The maximum absolute atomic E-state index is 12.7. The van der Waals surface area contributed by atoms with Crippen LogP contribution in [0.4, 0.5) is 0 Å². The standard InChI is InChI=1S/C18H19N5O4S/c24-16(19-8-13-4-2-1-3-5-13)10-22-12-20-17-15(18(22)25)9-21-23(17)14-6-7-28(26,27)11-14/h1-5,9,12,14H,6-8,10-11H2,(H,19,24). The highest BCUT2D eigenvalue weighted by Crippen LogP contribution is 2.25. The van der Waals surface area contributed by atoms with Gasteiger partial charge in [-0.25, -0.2) is 18.1 Å². The molecule has 146 valence electrons. The third-order valence-corrected chi connectivity index (χ3v) is 6.53. The Morgan fingerprint density at radius 1 is 1.25 bits per heavy atom. The molecule has 28 heavy (non-hydrogen) atoms. The lowest BCUT2D eigenvalue weighted by atomic mass is 10.2. The van der Waals surface area contributed by atoms with Crippen molar-refractivity contribution in [2.45, 2.75) is 25.6 Å². The minimum atomic E-state index is -3.08. The number of sulfone groups is 1. The predicted molar refractivity (Wildman–Crippen MR) is 102 cm³/mol. The Morgan fingerprint density at radius 2 is 2.04 bits per heavy atom. The van der Waals surface area contributed by atoms with E-state index in [1.54, 1.807) is 0 Å². The molecule has 2 aromatic heterocycles. The molecule has 1 aliphatic rings. The van der Waals surface area contributed by atoms with Crippen molar-refractivity contribution in [1.29, 1.82) is 0 Å². The number of fused-ring (bicyclic) bond motifs is 1. The Hall–Kier alpha value is -3.01. The van der Waals surface area contributed by atoms with Gasteiger partial charge in [-0.3, -0.25) is 14.2 Å². The SMILES string of the molecule is O=C(Cn1cnc2c(cnn2C2CCS(=O)(=O)C2)c1=O)NCc1ccccc1. The van der Waals surface area contributed by atoms with Crippen LogP contribution in [0.15, 0.2) is 47.7 Å². The zero-order valence-electron chi connectivity index (χ0n) is 15.0. The smallest absolute Gasteiger partial charge is 0.264 e. The Kier molecular flexibility index (Phi) is 4.71. The molecule has 1 fully saturated rings. The first-order valence-corrected chi connectivity index (χ1v) is 10.7. The summed E-state index contributed by atoms with van der Waals surface area (Å²) in [6.07, 6.45) is 3.13. The third-order valence-electron chi connectivity index (χ3n) is 4.78. The van der Waals surface area contributed by atoms with Gasteiger partial charge in [0.05, 0.1) is 23.7 Å². The second kappa shape index (κ2) is 7.19. The minimum absolute atomic E-state index is 0.00354. The summed E-state index contributed by atoms with van der Waals surface area (Å²) in [4.78, 5) is 29.1. The molecule has 1 aromatic carbocycles. The molecule has 3 aromatic rings. The van der Waals surface area contributed by atoms with Gasteiger partial charge in [0.25, 0.3) is 5.56 Å². The van der Waals surface area contributed by atoms with Crippen LogP contribution in [0.5, 0.6) is 0 Å². The van der Waals surface area contributed by atoms with Gasteiger partial charge in [0, 0.05) is 6.54 Å². The average molecular weight is 401 g/mol. The number of hydrogen-bond donors (Lipinski definition) is 1. The van der Waals surface area contributed by atoms with Gasteiger partial charge < -0.3 is 5.32 Å². The van der Waals surface area contributed by atoms with Gasteiger partial charge in [0.1, 0.15) is 18.3 Å². The maximum Gasteiger partial charge on any atom is 0.264 e. The number of benzene rings is 1. The molecule has 1 saturated heterocycles. The summed E-state index contributed by atoms with van der Waals surface area (Å²) in [6.45, 7) is 0.218. The van der Waals surface area contributed by atoms with Crippen LogP contribution in [-0.4, -0.2) is 45.2 Å². The van der Waals surface area contributed by atoms with Crippen molar-refractivity contribution in [2.24, 2.45) is 0 Å². The first-order chi connectivity index (χ1) is 13.4. The number of aromatic nitrogens is 4. The van der Waals surface area contributed by atoms with E-state index in [9.17, 15) is 18.0 Å². The molecule has 10 heteroatoms. The van der Waals surface area contributed by atoms with Gasteiger partial charge in [-0.2, -0.15) is 5.10 Å². The third kappa shape index (κ3) is 3.68. The van der Waals surface area contributed by atoms with Gasteiger partial charge in [0.15, 0.2) is 15.5 Å². The van der Waals surface area contributed by atoms with Crippen molar-refractivity contribution < 1.29 is 13.2 Å². The molecule has 0 bridgehead atoms. The molecule has 3 heterocycles. The summed E-state index contributed by atoms with van der Waals surface area (Å²) in [5.74, 6) is -0.199. The van der Waals surface area contributed by atoms with Crippen molar-refractivity contribution in [3.8, 4) is 0 Å². The van der Waals surface area contributed by atoms with E-state index >= 15 is 0 Å². The van der Waals surface area contributed by atoms with E-state index in [4.69, 9.17) is 0 Å². The fourth-order valence-electron chi connectivity index (χ4n) is 3.32. The molecule has 1 N–H and O–H groups in total. The summed E-state index contributed by atoms with van der Waals surface area (Å²) in [5.41, 5.74) is 0.921. The van der Waals surface area contributed by atoms with Crippen LogP contribution >= 0.6 is 0 Å². The topological polar surface area (TPSA) is 116 Å². The molecule has 0 spiro atoms. The molecule has 1 aliphatic heterocycles. The summed E-state index contributed by atoms with van der Waals surface area (Å²) in [7, 11) is -3.08. The van der Waals surface area contributed by atoms with Crippen LogP contribution in [0.2, 0.25) is 0 Å². The van der Waals surface area contributed by atoms with Crippen molar-refractivity contribution in [3.63, 3.8) is 0 Å². The Morgan fingerprint density at radius 3 is 2.75 bits per heavy atom. The van der Waals surface area contributed by atoms with E-state index < -0.39 is 9.84 Å². The molecule has 1 unspecified atom stereocenters. The highest BCUT2D eigenvalue weighted by atomic mass is 32.2. The highest BCUT2D eigenvalue weighted by molar-refractivity contribution is 7.91. The lowest BCUT2D eigenvalue weighted by molar-refractivity contribution is -0.121. The fourth-order valence-corrected chi connectivity index (χ4v) is 5.01. The average Bonchev–Trinajstić information content (AvgIpc) is 3.26. The van der Waals surface area contributed by atoms with Gasteiger partial charge >= 0.3 is 0 Å². The van der Waals surface area contributed by atoms with Crippen LogP contribution in [0, 0.1) is 0 Å². The summed E-state index contributed by atoms with van der Waals surface area (Å²) in [6, 6.07) is 9.15. The first kappa shape index (κ1) is 18.4. The molecule has 1 atom stereocenters. The second-order valence-electron chi connectivity index (χ2n) is 6.82. The highest BCUT2D eigenvalue weighted by Gasteiger charge is 2.31. The fraction of sp³-hybridized carbons (Fsp3) is 0.333. The van der Waals surface area contributed by atoms with Crippen LogP contribution < -0.4 is 10.9 Å². The quantitative estimate of drug-likeness (QED) is 0.656. The molecule has 0 saturated carbocycles. The number of hydrogen-bond acceptors (Lipinski definition) is 6. The largest absolute Gasteiger partial charge is 0.350 e. The van der Waals surface area contributed by atoms with Crippen molar-refractivity contribution in [2.75, 3.05) is 11.5 Å². The number of nitrogens with one attached hydrogen (secondary N) is 1. The summed E-state index contributed by atoms with van der Waals surface area (Å²) >= 11 is 0. The monoisotopic (exact) mass is 401 g/mol. The van der Waals surface area contributed by atoms with Gasteiger partial charge in [-0.1, -0.05) is 30.3 Å². The van der Waals surface area contributed by atoms with Gasteiger partial charge in [-0.15, -0.1) is 0 Å². The number of rotatable bonds is 5. The van der Waals surface area contributed by atoms with Gasteiger partial charge in [0.2, 0.25) is 5.91 Å². The van der Waals surface area contributed by atoms with Crippen LogP contribution in [0.3, 0.4) is 0 Å². The number of nitrogens with zero attached hydrogens (tertiary/aromatic N) is 4. The molecule has 1 amide bonds. The molecule has 0 aliphatic carbocycles. The number of carbonyl (C=O) groups excluding carboxylic acids is 1. The Balaban J connectivity index is 1.51. The lowest BCUT2D eigenvalue weighted by Gasteiger charge is -2.10. The lowest BCUT2D eigenvalue weighted by Crippen LogP contribution is -2.32. The van der Waals surface area contributed by atoms with Gasteiger partial charge in [-0.05, 0) is 12.0 Å². The molecule has 0 radical (unpaired) electrons. The van der Waals surface area contributed by atoms with E-state index in [2.05, 4.69) is 15.4 Å². The van der Waals surface area contributed by atoms with Crippen LogP contribution in [0.1, 0.15) is 18.0 Å². The van der Waals surface area contributed by atoms with E-state index in [0.29, 0.717) is 18.6 Å². The maximum atomic E-state index is 12.7. The normalized spacial score (nSPS) is 18.4. The predicted octanol–water partition coefficient (Wildman–Crippen LogP) is 0.269. The Labute approximate surface area is 160 Å².